The van der Waals surface area contributed by atoms with E-state index >= 15 is 0 Å². The third kappa shape index (κ3) is 5.80. The molecule has 9 nitrogen and oxygen atoms in total. The number of carboxylic acid groups (broad SMARTS) is 1. The lowest BCUT2D eigenvalue weighted by Gasteiger charge is -2.34. The van der Waals surface area contributed by atoms with E-state index in [0.717, 1.165) is 0 Å². The van der Waals surface area contributed by atoms with Crippen molar-refractivity contribution in [2.24, 2.45) is 0 Å². The first kappa shape index (κ1) is 18.8. The Kier molecular flexibility index (Phi) is 6.43. The fourth-order valence-corrected chi connectivity index (χ4v) is 2.72. The van der Waals surface area contributed by atoms with Crippen LogP contribution in [0.2, 0.25) is 0 Å². The number of amides is 1. The second-order valence-corrected chi connectivity index (χ2v) is 6.02. The number of ether oxygens (including phenoxy) is 1. The summed E-state index contributed by atoms with van der Waals surface area (Å²) in [6.07, 6.45) is -0.0747. The highest BCUT2D eigenvalue weighted by molar-refractivity contribution is 5.79. The van der Waals surface area contributed by atoms with Crippen molar-refractivity contribution in [2.45, 2.75) is 12.5 Å². The molecule has 1 aliphatic rings. The van der Waals surface area contributed by atoms with Crippen LogP contribution in [0.3, 0.4) is 0 Å². The molecule has 136 valence electrons. The molecule has 9 heteroatoms. The molecule has 1 aromatic carbocycles. The summed E-state index contributed by atoms with van der Waals surface area (Å²) in [6, 6.07) is 5.92. The maximum atomic E-state index is 12.4. The van der Waals surface area contributed by atoms with Gasteiger partial charge in [-0.3, -0.25) is 24.6 Å². The average molecular weight is 351 g/mol. The maximum absolute atomic E-state index is 12.4. The van der Waals surface area contributed by atoms with E-state index in [4.69, 9.17) is 9.84 Å². The van der Waals surface area contributed by atoms with E-state index in [1.54, 1.807) is 29.0 Å². The summed E-state index contributed by atoms with van der Waals surface area (Å²) >= 11 is 0. The summed E-state index contributed by atoms with van der Waals surface area (Å²) in [7, 11) is 1.69. The molecule has 0 saturated carbocycles. The van der Waals surface area contributed by atoms with Crippen LogP contribution < -0.4 is 0 Å². The first-order chi connectivity index (χ1) is 11.8. The lowest BCUT2D eigenvalue weighted by molar-refractivity contribution is -0.384. The van der Waals surface area contributed by atoms with E-state index in [-0.39, 0.29) is 30.7 Å². The molecule has 1 N–H and O–H groups in total. The second-order valence-electron chi connectivity index (χ2n) is 6.02. The molecule has 0 aliphatic carbocycles. The van der Waals surface area contributed by atoms with Gasteiger partial charge in [-0.2, -0.15) is 0 Å². The van der Waals surface area contributed by atoms with E-state index in [2.05, 4.69) is 0 Å². The zero-order chi connectivity index (χ0) is 18.4. The quantitative estimate of drug-likeness (QED) is 0.558. The van der Waals surface area contributed by atoms with E-state index in [1.807, 2.05) is 0 Å². The molecule has 1 amide bonds. The molecule has 0 spiro atoms. The maximum Gasteiger partial charge on any atom is 0.317 e. The number of carbonyl (C=O) groups excluding carboxylic acids is 1. The van der Waals surface area contributed by atoms with Crippen molar-refractivity contribution in [1.29, 1.82) is 0 Å². The first-order valence-electron chi connectivity index (χ1n) is 7.88. The summed E-state index contributed by atoms with van der Waals surface area (Å²) in [4.78, 5) is 36.6. The minimum atomic E-state index is -0.913. The van der Waals surface area contributed by atoms with Crippen molar-refractivity contribution < 1.29 is 24.4 Å². The molecule has 1 saturated heterocycles. The van der Waals surface area contributed by atoms with Gasteiger partial charge in [-0.05, 0) is 12.6 Å². The van der Waals surface area contributed by atoms with Gasteiger partial charge in [0.15, 0.2) is 0 Å². The van der Waals surface area contributed by atoms with Crippen LogP contribution in [0, 0.1) is 10.1 Å². The van der Waals surface area contributed by atoms with E-state index in [0.29, 0.717) is 31.8 Å². The third-order valence-electron chi connectivity index (χ3n) is 3.91. The molecule has 0 bridgehead atoms. The molecular formula is C16H21N3O6. The summed E-state index contributed by atoms with van der Waals surface area (Å²) in [5, 5.41) is 19.4. The number of non-ortho nitro benzene ring substituents is 1. The van der Waals surface area contributed by atoms with Crippen molar-refractivity contribution in [3.05, 3.63) is 39.9 Å². The van der Waals surface area contributed by atoms with Crippen LogP contribution in [-0.4, -0.2) is 77.6 Å². The van der Waals surface area contributed by atoms with Crippen LogP contribution in [-0.2, 0) is 20.7 Å². The molecule has 1 aromatic rings. The number of nitrogens with zero attached hydrogens (tertiary/aromatic N) is 3. The van der Waals surface area contributed by atoms with Crippen molar-refractivity contribution in [2.75, 3.05) is 39.8 Å². The number of nitro benzene ring substituents is 1. The number of hydrogen-bond acceptors (Lipinski definition) is 6. The number of nitro groups is 1. The second kappa shape index (κ2) is 8.54. The summed E-state index contributed by atoms with van der Waals surface area (Å²) < 4.78 is 5.60. The molecule has 1 atom stereocenters. The van der Waals surface area contributed by atoms with Crippen molar-refractivity contribution in [3.63, 3.8) is 0 Å². The van der Waals surface area contributed by atoms with Gasteiger partial charge in [0.1, 0.15) is 0 Å². The molecule has 0 aromatic heterocycles. The van der Waals surface area contributed by atoms with Crippen LogP contribution in [0.4, 0.5) is 5.69 Å². The van der Waals surface area contributed by atoms with Crippen LogP contribution in [0.5, 0.6) is 0 Å². The highest BCUT2D eigenvalue weighted by Gasteiger charge is 2.25. The Hall–Kier alpha value is -2.52. The summed E-state index contributed by atoms with van der Waals surface area (Å²) in [6.45, 7) is 1.61. The molecule has 1 fully saturated rings. The molecule has 0 radical (unpaired) electrons. The number of likely N-dealkylation sites (N-methyl/N-ethyl adjacent to an activating group) is 1. The number of rotatable bonds is 7. The molecule has 1 heterocycles. The SMILES string of the molecule is CN(CC(=O)O)CC1CN(C(=O)Cc2ccc([N+](=O)[O-])cc2)CCO1. The zero-order valence-electron chi connectivity index (χ0n) is 14.0. The third-order valence-corrected chi connectivity index (χ3v) is 3.91. The number of aliphatic carboxylic acids is 1. The van der Waals surface area contributed by atoms with Gasteiger partial charge in [0.2, 0.25) is 5.91 Å². The Bertz CT molecular complexity index is 633. The predicted molar refractivity (Wildman–Crippen MR) is 88.3 cm³/mol. The average Bonchev–Trinajstić information content (AvgIpc) is 2.54. The van der Waals surface area contributed by atoms with E-state index in [1.165, 1.54) is 12.1 Å². The fraction of sp³-hybridized carbons (Fsp3) is 0.500. The Balaban J connectivity index is 1.88. The highest BCUT2D eigenvalue weighted by atomic mass is 16.6. The predicted octanol–water partition coefficient (Wildman–Crippen LogP) is 0.381. The first-order valence-corrected chi connectivity index (χ1v) is 7.88. The van der Waals surface area contributed by atoms with Crippen molar-refractivity contribution in [3.8, 4) is 0 Å². The molecule has 1 unspecified atom stereocenters. The minimum Gasteiger partial charge on any atom is -0.480 e. The monoisotopic (exact) mass is 351 g/mol. The molecule has 1 aliphatic heterocycles. The van der Waals surface area contributed by atoms with Gasteiger partial charge in [-0.15, -0.1) is 0 Å². The van der Waals surface area contributed by atoms with Gasteiger partial charge in [0.25, 0.3) is 5.69 Å². The van der Waals surface area contributed by atoms with Gasteiger partial charge in [0, 0.05) is 31.8 Å². The number of carboxylic acids is 1. The van der Waals surface area contributed by atoms with Gasteiger partial charge >= 0.3 is 5.97 Å². The fourth-order valence-electron chi connectivity index (χ4n) is 2.72. The van der Waals surface area contributed by atoms with Crippen LogP contribution >= 0.6 is 0 Å². The normalized spacial score (nSPS) is 17.5. The standard InChI is InChI=1S/C16H21N3O6/c1-17(11-16(21)22)9-14-10-18(6-7-25-14)15(20)8-12-2-4-13(5-3-12)19(23)24/h2-5,14H,6-11H2,1H3,(H,21,22). The largest absolute Gasteiger partial charge is 0.480 e. The lowest BCUT2D eigenvalue weighted by Crippen LogP contribution is -2.50. The number of benzene rings is 1. The van der Waals surface area contributed by atoms with Crippen LogP contribution in [0.25, 0.3) is 0 Å². The molecule has 2 rings (SSSR count). The smallest absolute Gasteiger partial charge is 0.317 e. The highest BCUT2D eigenvalue weighted by Crippen LogP contribution is 2.14. The number of hydrogen-bond donors (Lipinski definition) is 1. The Morgan fingerprint density at radius 3 is 2.68 bits per heavy atom. The Morgan fingerprint density at radius 2 is 2.08 bits per heavy atom. The minimum absolute atomic E-state index is 0.0101. The topological polar surface area (TPSA) is 113 Å². The van der Waals surface area contributed by atoms with Gasteiger partial charge in [0.05, 0.1) is 30.6 Å². The number of morpholine rings is 1. The van der Waals surface area contributed by atoms with Gasteiger partial charge in [-0.1, -0.05) is 12.1 Å². The van der Waals surface area contributed by atoms with Gasteiger partial charge < -0.3 is 14.7 Å². The summed E-state index contributed by atoms with van der Waals surface area (Å²) in [5.74, 6) is -0.993. The van der Waals surface area contributed by atoms with Crippen molar-refractivity contribution in [1.82, 2.24) is 9.80 Å². The van der Waals surface area contributed by atoms with Gasteiger partial charge in [-0.25, -0.2) is 0 Å². The zero-order valence-corrected chi connectivity index (χ0v) is 14.0. The van der Waals surface area contributed by atoms with Crippen LogP contribution in [0.15, 0.2) is 24.3 Å². The Morgan fingerprint density at radius 1 is 1.40 bits per heavy atom. The van der Waals surface area contributed by atoms with Crippen LogP contribution in [0.1, 0.15) is 5.56 Å². The summed E-state index contributed by atoms with van der Waals surface area (Å²) in [5.41, 5.74) is 0.700. The van der Waals surface area contributed by atoms with Crippen molar-refractivity contribution >= 4 is 17.6 Å². The molecule has 25 heavy (non-hydrogen) atoms. The number of carbonyl (C=O) groups is 2. The Labute approximate surface area is 144 Å². The van der Waals surface area contributed by atoms with E-state index < -0.39 is 10.9 Å². The lowest BCUT2D eigenvalue weighted by atomic mass is 10.1. The van der Waals surface area contributed by atoms with E-state index in [9.17, 15) is 19.7 Å². The molecular weight excluding hydrogens is 330 g/mol.